The van der Waals surface area contributed by atoms with Crippen LogP contribution in [0.2, 0.25) is 5.32 Å². The van der Waals surface area contributed by atoms with Crippen molar-refractivity contribution in [2.75, 3.05) is 0 Å². The average Bonchev–Trinajstić information content (AvgIpc) is 2.63. The van der Waals surface area contributed by atoms with Gasteiger partial charge in [-0.25, -0.2) is 0 Å². The monoisotopic (exact) mass is 310 g/mol. The molecular formula is C16H22OSe. The van der Waals surface area contributed by atoms with Crippen molar-refractivity contribution >= 4 is 19.4 Å². The second-order valence-corrected chi connectivity index (χ2v) is 7.87. The van der Waals surface area contributed by atoms with Crippen molar-refractivity contribution in [3.05, 3.63) is 42.5 Å². The molecule has 3 atom stereocenters. The first-order valence-electron chi connectivity index (χ1n) is 6.56. The summed E-state index contributed by atoms with van der Waals surface area (Å²) in [5, 5.41) is 11.6. The van der Waals surface area contributed by atoms with Crippen molar-refractivity contribution in [1.29, 1.82) is 0 Å². The second-order valence-electron chi connectivity index (χ2n) is 5.58. The molecule has 0 radical (unpaired) electrons. The van der Waals surface area contributed by atoms with E-state index in [1.165, 1.54) is 10.0 Å². The van der Waals surface area contributed by atoms with Gasteiger partial charge in [0.15, 0.2) is 0 Å². The van der Waals surface area contributed by atoms with E-state index in [-0.39, 0.29) is 0 Å². The normalized spacial score (nSPS) is 31.5. The molecule has 0 saturated heterocycles. The van der Waals surface area contributed by atoms with Crippen molar-refractivity contribution in [3.8, 4) is 0 Å². The standard InChI is InChI=1S/C16H22OSe/c1-12(2)14-9-10-16(3,17)15(14)11-18-13-7-5-4-6-8-13/h4-8,14-15,17H,1,9-11H2,2-3H3/t14-,15+,16-/m1/s1. The molecule has 1 saturated carbocycles. The number of hydrogen-bond acceptors (Lipinski definition) is 1. The maximum atomic E-state index is 10.5. The SMILES string of the molecule is C=C(C)[C@H]1CC[C@@](C)(O)[C@H]1C[Se]c1ccccc1. The van der Waals surface area contributed by atoms with E-state index >= 15 is 0 Å². The van der Waals surface area contributed by atoms with Crippen molar-refractivity contribution in [1.82, 2.24) is 0 Å². The van der Waals surface area contributed by atoms with Crippen LogP contribution in [0.25, 0.3) is 0 Å². The van der Waals surface area contributed by atoms with Crippen molar-refractivity contribution < 1.29 is 5.11 Å². The summed E-state index contributed by atoms with van der Waals surface area (Å²) in [7, 11) is 0. The summed E-state index contributed by atoms with van der Waals surface area (Å²) in [6.07, 6.45) is 2.01. The molecule has 0 aromatic heterocycles. The Morgan fingerprint density at radius 1 is 1.44 bits per heavy atom. The van der Waals surface area contributed by atoms with Crippen molar-refractivity contribution in [3.63, 3.8) is 0 Å². The van der Waals surface area contributed by atoms with Crippen LogP contribution in [0.15, 0.2) is 42.5 Å². The molecule has 98 valence electrons. The van der Waals surface area contributed by atoms with Crippen LogP contribution in [0, 0.1) is 11.8 Å². The number of hydrogen-bond donors (Lipinski definition) is 1. The van der Waals surface area contributed by atoms with E-state index in [0.717, 1.165) is 18.2 Å². The van der Waals surface area contributed by atoms with Crippen LogP contribution in [-0.2, 0) is 0 Å². The van der Waals surface area contributed by atoms with Crippen molar-refractivity contribution in [2.45, 2.75) is 37.6 Å². The third kappa shape index (κ3) is 3.06. The summed E-state index contributed by atoms with van der Waals surface area (Å²) >= 11 is 0.452. The van der Waals surface area contributed by atoms with Crippen LogP contribution in [0.3, 0.4) is 0 Å². The first-order valence-corrected chi connectivity index (χ1v) is 8.63. The summed E-state index contributed by atoms with van der Waals surface area (Å²) in [5.41, 5.74) is 0.738. The fourth-order valence-electron chi connectivity index (χ4n) is 2.86. The van der Waals surface area contributed by atoms with Gasteiger partial charge in [0.05, 0.1) is 0 Å². The Kier molecular flexibility index (Phi) is 4.32. The van der Waals surface area contributed by atoms with E-state index in [1.54, 1.807) is 0 Å². The van der Waals surface area contributed by atoms with E-state index in [2.05, 4.69) is 43.8 Å². The van der Waals surface area contributed by atoms with Gasteiger partial charge in [0.1, 0.15) is 0 Å². The molecule has 1 aliphatic rings. The molecule has 0 aliphatic heterocycles. The van der Waals surface area contributed by atoms with E-state index in [0.29, 0.717) is 26.8 Å². The number of aliphatic hydroxyl groups is 1. The number of benzene rings is 1. The second kappa shape index (κ2) is 5.61. The molecule has 0 bridgehead atoms. The molecule has 0 heterocycles. The quantitative estimate of drug-likeness (QED) is 0.670. The van der Waals surface area contributed by atoms with Gasteiger partial charge in [-0.1, -0.05) is 0 Å². The molecule has 1 aliphatic carbocycles. The van der Waals surface area contributed by atoms with Gasteiger partial charge in [-0.2, -0.15) is 0 Å². The zero-order chi connectivity index (χ0) is 13.2. The van der Waals surface area contributed by atoms with E-state index in [1.807, 2.05) is 6.92 Å². The molecule has 1 fully saturated rings. The zero-order valence-electron chi connectivity index (χ0n) is 11.2. The van der Waals surface area contributed by atoms with E-state index < -0.39 is 5.60 Å². The Balaban J connectivity index is 2.03. The molecule has 1 aromatic carbocycles. The summed E-state index contributed by atoms with van der Waals surface area (Å²) in [5.74, 6) is 0.890. The maximum absolute atomic E-state index is 10.5. The van der Waals surface area contributed by atoms with Crippen LogP contribution < -0.4 is 4.46 Å². The molecule has 18 heavy (non-hydrogen) atoms. The number of rotatable bonds is 4. The van der Waals surface area contributed by atoms with Gasteiger partial charge < -0.3 is 0 Å². The third-order valence-corrected chi connectivity index (χ3v) is 6.43. The summed E-state index contributed by atoms with van der Waals surface area (Å²) in [4.78, 5) is 0. The predicted molar refractivity (Wildman–Crippen MR) is 78.3 cm³/mol. The van der Waals surface area contributed by atoms with Gasteiger partial charge in [-0.05, 0) is 0 Å². The molecule has 0 spiro atoms. The molecule has 1 N–H and O–H groups in total. The molecular weight excluding hydrogens is 287 g/mol. The van der Waals surface area contributed by atoms with Crippen molar-refractivity contribution in [2.24, 2.45) is 11.8 Å². The Morgan fingerprint density at radius 2 is 2.11 bits per heavy atom. The van der Waals surface area contributed by atoms with Crippen LogP contribution in [0.1, 0.15) is 26.7 Å². The van der Waals surface area contributed by atoms with E-state index in [4.69, 9.17) is 0 Å². The Labute approximate surface area is 116 Å². The molecule has 2 heteroatoms. The minimum atomic E-state index is -0.500. The summed E-state index contributed by atoms with van der Waals surface area (Å²) < 4.78 is 1.42. The van der Waals surface area contributed by atoms with Gasteiger partial charge in [0.2, 0.25) is 0 Å². The molecule has 1 aromatic rings. The van der Waals surface area contributed by atoms with Gasteiger partial charge in [-0.3, -0.25) is 0 Å². The Morgan fingerprint density at radius 3 is 2.72 bits per heavy atom. The Bertz CT molecular complexity index is 410. The van der Waals surface area contributed by atoms with Crippen LogP contribution in [0.5, 0.6) is 0 Å². The first kappa shape index (κ1) is 13.9. The van der Waals surface area contributed by atoms with Gasteiger partial charge in [-0.15, -0.1) is 0 Å². The summed E-state index contributed by atoms with van der Waals surface area (Å²) in [6, 6.07) is 10.6. The van der Waals surface area contributed by atoms with Gasteiger partial charge in [0.25, 0.3) is 0 Å². The van der Waals surface area contributed by atoms with Gasteiger partial charge in [0, 0.05) is 0 Å². The van der Waals surface area contributed by atoms with Crippen LogP contribution >= 0.6 is 0 Å². The summed E-state index contributed by atoms with van der Waals surface area (Å²) in [6.45, 7) is 8.21. The molecule has 0 unspecified atom stereocenters. The van der Waals surface area contributed by atoms with Crippen LogP contribution in [-0.4, -0.2) is 25.7 Å². The zero-order valence-corrected chi connectivity index (χ0v) is 12.9. The van der Waals surface area contributed by atoms with Gasteiger partial charge >= 0.3 is 116 Å². The third-order valence-electron chi connectivity index (χ3n) is 4.05. The first-order chi connectivity index (χ1) is 8.50. The minimum absolute atomic E-state index is 0.384. The van der Waals surface area contributed by atoms with E-state index in [9.17, 15) is 5.11 Å². The fourth-order valence-corrected chi connectivity index (χ4v) is 5.61. The topological polar surface area (TPSA) is 20.2 Å². The van der Waals surface area contributed by atoms with Crippen LogP contribution in [0.4, 0.5) is 0 Å². The predicted octanol–water partition coefficient (Wildman–Crippen LogP) is 2.79. The Hall–Kier alpha value is -0.561. The molecule has 2 rings (SSSR count). The molecule has 1 nitrogen and oxygen atoms in total. The average molecular weight is 309 g/mol. The molecule has 0 amide bonds. The fraction of sp³-hybridized carbons (Fsp3) is 0.500. The number of allylic oxidation sites excluding steroid dienone is 1.